The summed E-state index contributed by atoms with van der Waals surface area (Å²) in [6.07, 6.45) is 8.88. The van der Waals surface area contributed by atoms with Crippen LogP contribution in [0.1, 0.15) is 60.4 Å². The highest BCUT2D eigenvalue weighted by Crippen LogP contribution is 2.37. The van der Waals surface area contributed by atoms with Gasteiger partial charge in [-0.25, -0.2) is 0 Å². The highest BCUT2D eigenvalue weighted by molar-refractivity contribution is 6.11. The molecule has 0 bridgehead atoms. The third kappa shape index (κ3) is 5.89. The highest BCUT2D eigenvalue weighted by Gasteiger charge is 2.35. The van der Waals surface area contributed by atoms with E-state index in [9.17, 15) is 10.1 Å². The summed E-state index contributed by atoms with van der Waals surface area (Å²) in [5, 5.41) is 9.59. The summed E-state index contributed by atoms with van der Waals surface area (Å²) in [6, 6.07) is 22.1. The number of carbonyl (C=O) groups excluding carboxylic acids is 1. The van der Waals surface area contributed by atoms with Crippen molar-refractivity contribution in [1.29, 1.82) is 5.26 Å². The van der Waals surface area contributed by atoms with Crippen LogP contribution in [0.25, 0.3) is 6.08 Å². The van der Waals surface area contributed by atoms with Crippen molar-refractivity contribution in [3.8, 4) is 11.8 Å². The predicted molar refractivity (Wildman–Crippen MR) is 165 cm³/mol. The van der Waals surface area contributed by atoms with E-state index in [-0.39, 0.29) is 17.7 Å². The van der Waals surface area contributed by atoms with Gasteiger partial charge >= 0.3 is 6.02 Å². The zero-order chi connectivity index (χ0) is 28.9. The van der Waals surface area contributed by atoms with E-state index >= 15 is 0 Å². The number of rotatable bonds is 9. The number of nitrogens with zero attached hydrogens (tertiary/aromatic N) is 4. The Morgan fingerprint density at radius 1 is 1.02 bits per heavy atom. The summed E-state index contributed by atoms with van der Waals surface area (Å²) in [5.74, 6) is 0.946. The van der Waals surface area contributed by atoms with Crippen molar-refractivity contribution in [2.75, 3.05) is 31.1 Å². The Balaban J connectivity index is 1.23. The smallest absolute Gasteiger partial charge is 0.305 e. The van der Waals surface area contributed by atoms with Crippen LogP contribution in [0, 0.1) is 11.3 Å². The topological polar surface area (TPSA) is 78.2 Å². The van der Waals surface area contributed by atoms with Gasteiger partial charge in [0.2, 0.25) is 0 Å². The van der Waals surface area contributed by atoms with Crippen LogP contribution in [0.2, 0.25) is 0 Å². The fraction of sp³-hybridized carbons (Fsp3) is 0.343. The molecule has 214 valence electrons. The van der Waals surface area contributed by atoms with Crippen molar-refractivity contribution in [1.82, 2.24) is 4.90 Å². The number of carbonyl (C=O) groups is 1. The summed E-state index contributed by atoms with van der Waals surface area (Å²) in [6.45, 7) is 5.35. The minimum atomic E-state index is -0.197. The van der Waals surface area contributed by atoms with Crippen molar-refractivity contribution < 1.29 is 14.3 Å². The number of aryl methyl sites for hydroxylation is 3. The molecule has 0 spiro atoms. The quantitative estimate of drug-likeness (QED) is 0.219. The number of ether oxygens (including phenoxy) is 2. The third-order valence-corrected chi connectivity index (χ3v) is 8.11. The highest BCUT2D eigenvalue weighted by atomic mass is 16.5. The lowest BCUT2D eigenvalue weighted by atomic mass is 9.90. The third-order valence-electron chi connectivity index (χ3n) is 8.11. The van der Waals surface area contributed by atoms with Gasteiger partial charge < -0.3 is 14.4 Å². The molecule has 0 aliphatic carbocycles. The number of unbranched alkanes of at least 4 members (excludes halogenated alkanes) is 1. The van der Waals surface area contributed by atoms with E-state index in [0.717, 1.165) is 69.3 Å². The molecule has 0 saturated carbocycles. The number of amides is 1. The summed E-state index contributed by atoms with van der Waals surface area (Å²) in [4.78, 5) is 22.5. The Morgan fingerprint density at radius 2 is 1.76 bits per heavy atom. The molecule has 1 saturated heterocycles. The van der Waals surface area contributed by atoms with Gasteiger partial charge in [0.1, 0.15) is 11.8 Å². The van der Waals surface area contributed by atoms with Gasteiger partial charge in [-0.3, -0.25) is 9.69 Å². The summed E-state index contributed by atoms with van der Waals surface area (Å²) < 4.78 is 11.7. The van der Waals surface area contributed by atoms with Gasteiger partial charge in [-0.05, 0) is 117 Å². The summed E-state index contributed by atoms with van der Waals surface area (Å²) in [7, 11) is 0. The first-order valence-electron chi connectivity index (χ1n) is 15.0. The molecule has 3 aromatic carbocycles. The van der Waals surface area contributed by atoms with Gasteiger partial charge in [-0.2, -0.15) is 10.3 Å². The van der Waals surface area contributed by atoms with Crippen LogP contribution in [0.15, 0.2) is 71.4 Å². The van der Waals surface area contributed by atoms with Crippen LogP contribution in [0.5, 0.6) is 5.75 Å². The molecule has 7 heteroatoms. The van der Waals surface area contributed by atoms with E-state index in [2.05, 4.69) is 40.2 Å². The van der Waals surface area contributed by atoms with Crippen LogP contribution in [-0.4, -0.2) is 43.1 Å². The standard InChI is InChI=1S/C35H36N4O3/c1-2-41-30-16-14-25(15-17-30)9-5-6-20-39-34(40)32(42-35(39)37-31-13-4-3-10-29(31)24-36)23-26-21-27-11-7-18-38-19-8-12-28(22-26)33(27)38/h3-4,10,13-17,21-23H,2,5-9,11-12,18-20H2,1H3. The van der Waals surface area contributed by atoms with Gasteiger partial charge in [0, 0.05) is 25.3 Å². The molecule has 0 unspecified atom stereocenters. The van der Waals surface area contributed by atoms with Crippen LogP contribution in [-0.2, 0) is 28.8 Å². The number of nitriles is 1. The summed E-state index contributed by atoms with van der Waals surface area (Å²) in [5.41, 5.74) is 7.27. The molecule has 1 amide bonds. The normalized spacial score (nSPS) is 17.8. The monoisotopic (exact) mass is 560 g/mol. The zero-order valence-corrected chi connectivity index (χ0v) is 24.1. The Labute approximate surface area is 247 Å². The van der Waals surface area contributed by atoms with Crippen molar-refractivity contribution in [3.63, 3.8) is 0 Å². The van der Waals surface area contributed by atoms with E-state index < -0.39 is 0 Å². The van der Waals surface area contributed by atoms with Crippen LogP contribution in [0.3, 0.4) is 0 Å². The van der Waals surface area contributed by atoms with Gasteiger partial charge in [-0.15, -0.1) is 0 Å². The van der Waals surface area contributed by atoms with Crippen molar-refractivity contribution >= 4 is 29.4 Å². The molecule has 6 rings (SSSR count). The minimum Gasteiger partial charge on any atom is -0.494 e. The Morgan fingerprint density at radius 3 is 2.48 bits per heavy atom. The maximum atomic E-state index is 13.7. The first-order valence-corrected chi connectivity index (χ1v) is 15.0. The largest absolute Gasteiger partial charge is 0.494 e. The Kier molecular flexibility index (Phi) is 8.23. The van der Waals surface area contributed by atoms with Gasteiger partial charge in [0.05, 0.1) is 17.9 Å². The van der Waals surface area contributed by atoms with Crippen molar-refractivity contribution in [2.24, 2.45) is 4.99 Å². The number of benzene rings is 3. The SMILES string of the molecule is CCOc1ccc(CCCCN2C(=O)C(=Cc3cc4c5c(c3)CCCN5CCC4)OC2=Nc2ccccc2C#N)cc1. The fourth-order valence-electron chi connectivity index (χ4n) is 6.14. The lowest BCUT2D eigenvalue weighted by Crippen LogP contribution is -2.34. The molecule has 3 heterocycles. The number of hydrogen-bond donors (Lipinski definition) is 0. The maximum absolute atomic E-state index is 13.7. The number of amidine groups is 1. The van der Waals surface area contributed by atoms with Gasteiger partial charge in [0.25, 0.3) is 5.91 Å². The van der Waals surface area contributed by atoms with E-state index in [1.54, 1.807) is 23.1 Å². The predicted octanol–water partition coefficient (Wildman–Crippen LogP) is 6.57. The van der Waals surface area contributed by atoms with Gasteiger partial charge in [-0.1, -0.05) is 24.3 Å². The molecule has 3 aliphatic heterocycles. The first kappa shape index (κ1) is 27.6. The first-order chi connectivity index (χ1) is 20.6. The lowest BCUT2D eigenvalue weighted by Gasteiger charge is -2.37. The second kappa shape index (κ2) is 12.5. The average molecular weight is 561 g/mol. The molecule has 3 aromatic rings. The number of para-hydroxylation sites is 1. The van der Waals surface area contributed by atoms with Crippen LogP contribution in [0.4, 0.5) is 11.4 Å². The second-order valence-electron chi connectivity index (χ2n) is 11.0. The number of anilines is 1. The van der Waals surface area contributed by atoms with E-state index in [0.29, 0.717) is 24.4 Å². The molecule has 0 aromatic heterocycles. The second-order valence-corrected chi connectivity index (χ2v) is 11.0. The van der Waals surface area contributed by atoms with Crippen LogP contribution < -0.4 is 9.64 Å². The van der Waals surface area contributed by atoms with E-state index in [1.807, 2.05) is 31.2 Å². The molecular weight excluding hydrogens is 524 g/mol. The maximum Gasteiger partial charge on any atom is 0.305 e. The average Bonchev–Trinajstić information content (AvgIpc) is 3.29. The molecule has 1 fully saturated rings. The molecule has 0 N–H and O–H groups in total. The fourth-order valence-corrected chi connectivity index (χ4v) is 6.14. The Hall–Kier alpha value is -4.57. The van der Waals surface area contributed by atoms with E-state index in [1.165, 1.54) is 22.4 Å². The molecule has 0 atom stereocenters. The molecule has 3 aliphatic rings. The van der Waals surface area contributed by atoms with E-state index in [4.69, 9.17) is 9.47 Å². The molecule has 0 radical (unpaired) electrons. The van der Waals surface area contributed by atoms with Gasteiger partial charge in [0.15, 0.2) is 5.76 Å². The molecule has 7 nitrogen and oxygen atoms in total. The number of aliphatic imine (C=N–C) groups is 1. The zero-order valence-electron chi connectivity index (χ0n) is 24.1. The van der Waals surface area contributed by atoms with Crippen LogP contribution >= 0.6 is 0 Å². The van der Waals surface area contributed by atoms with Crippen molar-refractivity contribution in [3.05, 3.63) is 94.2 Å². The lowest BCUT2D eigenvalue weighted by molar-refractivity contribution is -0.122. The Bertz CT molecular complexity index is 1540. The molecular formula is C35H36N4O3. The van der Waals surface area contributed by atoms with Crippen molar-refractivity contribution in [2.45, 2.75) is 51.9 Å². The minimum absolute atomic E-state index is 0.197. The molecule has 42 heavy (non-hydrogen) atoms. The summed E-state index contributed by atoms with van der Waals surface area (Å²) >= 11 is 0. The number of hydrogen-bond acceptors (Lipinski definition) is 6.